The van der Waals surface area contributed by atoms with Gasteiger partial charge in [0, 0.05) is 0 Å². The van der Waals surface area contributed by atoms with Gasteiger partial charge in [-0.05, 0) is 12.8 Å². The van der Waals surface area contributed by atoms with E-state index in [1.54, 1.807) is 0 Å². The summed E-state index contributed by atoms with van der Waals surface area (Å²) in [4.78, 5) is 0. The van der Waals surface area contributed by atoms with Gasteiger partial charge >= 0.3 is 33.0 Å². The number of halogens is 6. The lowest BCUT2D eigenvalue weighted by atomic mass is 10.0. The average molecular weight is 397 g/mol. The van der Waals surface area contributed by atoms with Gasteiger partial charge in [-0.1, -0.05) is 19.8 Å². The predicted molar refractivity (Wildman–Crippen MR) is 75.1 cm³/mol. The van der Waals surface area contributed by atoms with E-state index in [0.29, 0.717) is 15.6 Å². The van der Waals surface area contributed by atoms with Crippen molar-refractivity contribution < 1.29 is 43.9 Å². The van der Waals surface area contributed by atoms with E-state index in [1.165, 1.54) is 0 Å². The quantitative estimate of drug-likeness (QED) is 0.317. The lowest BCUT2D eigenvalue weighted by Gasteiger charge is -2.30. The van der Waals surface area contributed by atoms with E-state index in [4.69, 9.17) is 4.55 Å². The molecule has 25 heavy (non-hydrogen) atoms. The van der Waals surface area contributed by atoms with Gasteiger partial charge in [0.15, 0.2) is 0 Å². The normalized spacial score (nSPS) is 16.0. The smallest absolute Gasteiger partial charge is 0.281 e. The number of imidazole rings is 1. The lowest BCUT2D eigenvalue weighted by molar-refractivity contribution is -0.689. The molecule has 0 aromatic carbocycles. The number of rotatable bonds is 8. The maximum absolute atomic E-state index is 14.8. The Morgan fingerprint density at radius 1 is 1.12 bits per heavy atom. The van der Waals surface area contributed by atoms with Crippen LogP contribution in [0.15, 0.2) is 12.4 Å². The van der Waals surface area contributed by atoms with Crippen LogP contribution in [0.2, 0.25) is 0 Å². The molecule has 1 heterocycles. The first kappa shape index (κ1) is 21.7. The Morgan fingerprint density at radius 2 is 1.68 bits per heavy atom. The first-order valence-electron chi connectivity index (χ1n) is 7.37. The van der Waals surface area contributed by atoms with Crippen molar-refractivity contribution in [2.75, 3.05) is 0 Å². The highest BCUT2D eigenvalue weighted by atomic mass is 32.2. The molecule has 146 valence electrons. The van der Waals surface area contributed by atoms with Gasteiger partial charge in [0.2, 0.25) is 0 Å². The van der Waals surface area contributed by atoms with Crippen molar-refractivity contribution in [3.63, 3.8) is 0 Å². The zero-order valence-electron chi connectivity index (χ0n) is 13.5. The predicted octanol–water partition coefficient (Wildman–Crippen LogP) is 3.10. The van der Waals surface area contributed by atoms with E-state index in [0.717, 1.165) is 32.3 Å². The van der Waals surface area contributed by atoms with Crippen molar-refractivity contribution in [1.29, 1.82) is 0 Å². The molecule has 0 fully saturated rings. The fraction of sp³-hybridized carbons (Fsp3) is 0.769. The van der Waals surface area contributed by atoms with Gasteiger partial charge in [-0.2, -0.15) is 30.4 Å². The summed E-state index contributed by atoms with van der Waals surface area (Å²) in [6.45, 7) is 1.66. The molecule has 0 aliphatic heterocycles. The van der Waals surface area contributed by atoms with Crippen LogP contribution in [0, 0.1) is 0 Å². The fourth-order valence-electron chi connectivity index (χ4n) is 2.45. The number of aryl methyl sites for hydroxylation is 2. The van der Waals surface area contributed by atoms with Gasteiger partial charge in [0.25, 0.3) is 0 Å². The molecular formula is C13H19F6N2O3S+. The Labute approximate surface area is 141 Å². The van der Waals surface area contributed by atoms with E-state index in [9.17, 15) is 34.8 Å². The topological polar surface area (TPSA) is 63.2 Å². The van der Waals surface area contributed by atoms with Crippen LogP contribution in [-0.4, -0.2) is 29.0 Å². The van der Waals surface area contributed by atoms with Crippen molar-refractivity contribution in [3.8, 4) is 0 Å². The summed E-state index contributed by atoms with van der Waals surface area (Å²) in [5, 5.41) is -6.13. The Kier molecular flexibility index (Phi) is 6.21. The molecule has 0 bridgehead atoms. The summed E-state index contributed by atoms with van der Waals surface area (Å²) in [6.07, 6.45) is -2.06. The van der Waals surface area contributed by atoms with E-state index in [2.05, 4.69) is 0 Å². The molecule has 0 spiro atoms. The Morgan fingerprint density at radius 3 is 2.12 bits per heavy atom. The van der Waals surface area contributed by atoms with Gasteiger partial charge < -0.3 is 0 Å². The molecule has 5 nitrogen and oxygen atoms in total. The Bertz CT molecular complexity index is 701. The Hall–Kier alpha value is -1.30. The van der Waals surface area contributed by atoms with Gasteiger partial charge in [-0.3, -0.25) is 4.55 Å². The van der Waals surface area contributed by atoms with Crippen LogP contribution in [0.1, 0.15) is 38.4 Å². The van der Waals surface area contributed by atoms with Gasteiger partial charge in [0.1, 0.15) is 12.4 Å². The third kappa shape index (κ3) is 3.78. The zero-order chi connectivity index (χ0) is 19.7. The highest BCUT2D eigenvalue weighted by Gasteiger charge is 2.82. The van der Waals surface area contributed by atoms with Crippen molar-refractivity contribution >= 4 is 10.1 Å². The minimum absolute atomic E-state index is 0.223. The maximum atomic E-state index is 14.8. The van der Waals surface area contributed by atoms with E-state index in [-0.39, 0.29) is 13.0 Å². The largest absolute Gasteiger partial charge is 0.442 e. The van der Waals surface area contributed by atoms with Gasteiger partial charge in [0.05, 0.1) is 13.6 Å². The summed E-state index contributed by atoms with van der Waals surface area (Å²) in [7, 11) is -5.81. The first-order valence-corrected chi connectivity index (χ1v) is 8.81. The number of hydrogen-bond acceptors (Lipinski definition) is 2. The highest BCUT2D eigenvalue weighted by Crippen LogP contribution is 2.53. The lowest BCUT2D eigenvalue weighted by Crippen LogP contribution is -2.61. The molecule has 0 radical (unpaired) electrons. The monoisotopic (exact) mass is 397 g/mol. The number of alkyl halides is 6. The molecule has 1 atom stereocenters. The van der Waals surface area contributed by atoms with Gasteiger partial charge in [-0.25, -0.2) is 13.5 Å². The molecule has 12 heteroatoms. The molecule has 1 aromatic heterocycles. The zero-order valence-corrected chi connectivity index (χ0v) is 14.3. The van der Waals surface area contributed by atoms with Crippen LogP contribution in [-0.2, 0) is 29.4 Å². The van der Waals surface area contributed by atoms with E-state index >= 15 is 0 Å². The summed E-state index contributed by atoms with van der Waals surface area (Å²) in [6, 6.07) is 0. The SMILES string of the molecule is CCCCCCn1cc[n+](C)c1C(F)(C(F)(F)F)C(F)(F)S(=O)(=O)O. The third-order valence-electron chi connectivity index (χ3n) is 3.75. The van der Waals surface area contributed by atoms with Crippen molar-refractivity contribution in [2.24, 2.45) is 7.05 Å². The third-order valence-corrected chi connectivity index (χ3v) is 4.68. The van der Waals surface area contributed by atoms with Crippen molar-refractivity contribution in [3.05, 3.63) is 18.2 Å². The second kappa shape index (κ2) is 7.14. The average Bonchev–Trinajstić information content (AvgIpc) is 2.81. The Balaban J connectivity index is 3.52. The molecule has 0 saturated carbocycles. The second-order valence-electron chi connectivity index (χ2n) is 5.63. The molecular weight excluding hydrogens is 378 g/mol. The molecule has 0 aliphatic rings. The molecule has 1 aromatic rings. The van der Waals surface area contributed by atoms with Crippen LogP contribution in [0.4, 0.5) is 26.3 Å². The van der Waals surface area contributed by atoms with Crippen LogP contribution in [0.25, 0.3) is 0 Å². The minimum atomic E-state index is -6.69. The number of hydrogen-bond donors (Lipinski definition) is 1. The number of unbranched alkanes of at least 4 members (excludes halogenated alkanes) is 3. The van der Waals surface area contributed by atoms with Crippen LogP contribution in [0.3, 0.4) is 0 Å². The molecule has 1 rings (SSSR count). The van der Waals surface area contributed by atoms with Crippen LogP contribution in [0.5, 0.6) is 0 Å². The minimum Gasteiger partial charge on any atom is -0.281 e. The van der Waals surface area contributed by atoms with Gasteiger partial charge in [-0.15, -0.1) is 0 Å². The first-order chi connectivity index (χ1) is 11.2. The van der Waals surface area contributed by atoms with E-state index in [1.807, 2.05) is 6.92 Å². The van der Waals surface area contributed by atoms with Crippen LogP contribution < -0.4 is 4.57 Å². The molecule has 1 N–H and O–H groups in total. The molecule has 0 amide bonds. The summed E-state index contributed by atoms with van der Waals surface area (Å²) in [5.41, 5.74) is -5.63. The fourth-order valence-corrected chi connectivity index (χ4v) is 3.02. The molecule has 0 saturated heterocycles. The highest BCUT2D eigenvalue weighted by molar-refractivity contribution is 7.87. The second-order valence-corrected chi connectivity index (χ2v) is 7.10. The number of nitrogens with zero attached hydrogens (tertiary/aromatic N) is 2. The summed E-state index contributed by atoms with van der Waals surface area (Å²) < 4.78 is 113. The summed E-state index contributed by atoms with van der Waals surface area (Å²) in [5.74, 6) is -1.61. The number of aromatic nitrogens is 2. The van der Waals surface area contributed by atoms with E-state index < -0.39 is 33.0 Å². The maximum Gasteiger partial charge on any atom is 0.442 e. The molecule has 1 unspecified atom stereocenters. The molecule has 0 aliphatic carbocycles. The summed E-state index contributed by atoms with van der Waals surface area (Å²) >= 11 is 0. The van der Waals surface area contributed by atoms with Crippen molar-refractivity contribution in [1.82, 2.24) is 4.57 Å². The van der Waals surface area contributed by atoms with Crippen LogP contribution >= 0.6 is 0 Å². The standard InChI is InChI=1S/C13H18F6N2O3S/c1-3-4-5-6-7-21-9-8-20(2)10(21)11(14,12(15,16)17)13(18,19)25(22,23)24/h8-9H,3-7H2,1-2H3/p+1. The van der Waals surface area contributed by atoms with Crippen molar-refractivity contribution in [2.45, 2.75) is 56.3 Å².